The lowest BCUT2D eigenvalue weighted by Gasteiger charge is -2.27. The van der Waals surface area contributed by atoms with Gasteiger partial charge in [0.15, 0.2) is 0 Å². The summed E-state index contributed by atoms with van der Waals surface area (Å²) in [4.78, 5) is 4.43. The van der Waals surface area contributed by atoms with Crippen LogP contribution < -0.4 is 10.1 Å². The topological polar surface area (TPSA) is 54.4 Å². The van der Waals surface area contributed by atoms with Crippen molar-refractivity contribution in [3.05, 3.63) is 53.3 Å². The second-order valence-electron chi connectivity index (χ2n) is 4.61. The summed E-state index contributed by atoms with van der Waals surface area (Å²) >= 11 is 0. The summed E-state index contributed by atoms with van der Waals surface area (Å²) in [5.74, 6) is 1.04. The standard InChI is InChI=1S/C15H16N2O2/c1-19-13-3-2-7-16-15(13)14-12-9-11(18)5-4-10(12)6-8-17-14/h2-5,7,9,14,17-18H,6,8H2,1H3. The van der Waals surface area contributed by atoms with Crippen molar-refractivity contribution in [3.63, 3.8) is 0 Å². The van der Waals surface area contributed by atoms with E-state index in [2.05, 4.69) is 10.3 Å². The molecule has 2 heterocycles. The van der Waals surface area contributed by atoms with Crippen LogP contribution in [0.1, 0.15) is 22.9 Å². The molecule has 1 unspecified atom stereocenters. The third kappa shape index (κ3) is 2.15. The second kappa shape index (κ2) is 4.90. The number of pyridine rings is 1. The number of phenols is 1. The Balaban J connectivity index is 2.10. The molecule has 1 atom stereocenters. The van der Waals surface area contributed by atoms with Gasteiger partial charge in [0.05, 0.1) is 13.2 Å². The molecule has 1 aliphatic rings. The largest absolute Gasteiger partial charge is 0.508 e. The molecule has 0 saturated heterocycles. The molecule has 1 aliphatic heterocycles. The van der Waals surface area contributed by atoms with E-state index in [1.165, 1.54) is 5.56 Å². The summed E-state index contributed by atoms with van der Waals surface area (Å²) in [6.07, 6.45) is 2.72. The Morgan fingerprint density at radius 3 is 3.11 bits per heavy atom. The van der Waals surface area contributed by atoms with E-state index in [1.54, 1.807) is 25.4 Å². The van der Waals surface area contributed by atoms with Crippen molar-refractivity contribution < 1.29 is 9.84 Å². The van der Waals surface area contributed by atoms with Gasteiger partial charge in [0.1, 0.15) is 17.2 Å². The highest BCUT2D eigenvalue weighted by Gasteiger charge is 2.25. The lowest BCUT2D eigenvalue weighted by Crippen LogP contribution is -2.31. The van der Waals surface area contributed by atoms with Gasteiger partial charge in [-0.2, -0.15) is 0 Å². The number of hydrogen-bond acceptors (Lipinski definition) is 4. The van der Waals surface area contributed by atoms with Crippen LogP contribution in [0.15, 0.2) is 36.5 Å². The quantitative estimate of drug-likeness (QED) is 0.863. The zero-order valence-corrected chi connectivity index (χ0v) is 10.8. The Kier molecular flexibility index (Phi) is 3.09. The minimum atomic E-state index is -0.0352. The molecular weight excluding hydrogens is 240 g/mol. The molecule has 2 aromatic rings. The second-order valence-corrected chi connectivity index (χ2v) is 4.61. The predicted octanol–water partition coefficient (Wildman–Crippen LogP) is 2.03. The SMILES string of the molecule is COc1cccnc1C1NCCc2ccc(O)cc21. The van der Waals surface area contributed by atoms with Crippen LogP contribution in [0, 0.1) is 0 Å². The average Bonchev–Trinajstić information content (AvgIpc) is 2.46. The maximum atomic E-state index is 9.70. The van der Waals surface area contributed by atoms with Crippen LogP contribution in [0.2, 0.25) is 0 Å². The molecule has 0 spiro atoms. The van der Waals surface area contributed by atoms with Gasteiger partial charge in [0, 0.05) is 12.7 Å². The highest BCUT2D eigenvalue weighted by atomic mass is 16.5. The van der Waals surface area contributed by atoms with E-state index in [9.17, 15) is 5.11 Å². The molecule has 19 heavy (non-hydrogen) atoms. The fourth-order valence-corrected chi connectivity index (χ4v) is 2.58. The van der Waals surface area contributed by atoms with Crippen molar-refractivity contribution in [1.82, 2.24) is 10.3 Å². The number of ether oxygens (including phenoxy) is 1. The van der Waals surface area contributed by atoms with E-state index in [0.717, 1.165) is 30.0 Å². The van der Waals surface area contributed by atoms with Gasteiger partial charge in [-0.3, -0.25) is 4.98 Å². The minimum Gasteiger partial charge on any atom is -0.508 e. The van der Waals surface area contributed by atoms with Crippen molar-refractivity contribution in [2.45, 2.75) is 12.5 Å². The van der Waals surface area contributed by atoms with Gasteiger partial charge < -0.3 is 15.2 Å². The number of benzene rings is 1. The number of hydrogen-bond donors (Lipinski definition) is 2. The van der Waals surface area contributed by atoms with E-state index >= 15 is 0 Å². The zero-order valence-electron chi connectivity index (χ0n) is 10.8. The Morgan fingerprint density at radius 1 is 1.37 bits per heavy atom. The summed E-state index contributed by atoms with van der Waals surface area (Å²) in [5.41, 5.74) is 3.18. The van der Waals surface area contributed by atoms with Gasteiger partial charge in [0.25, 0.3) is 0 Å². The van der Waals surface area contributed by atoms with Gasteiger partial charge in [-0.05, 0) is 41.8 Å². The minimum absolute atomic E-state index is 0.0352. The Morgan fingerprint density at radius 2 is 2.26 bits per heavy atom. The van der Waals surface area contributed by atoms with Crippen LogP contribution in [-0.4, -0.2) is 23.7 Å². The van der Waals surface area contributed by atoms with Crippen LogP contribution in [0.25, 0.3) is 0 Å². The number of nitrogens with zero attached hydrogens (tertiary/aromatic N) is 1. The van der Waals surface area contributed by atoms with Crippen LogP contribution in [-0.2, 0) is 6.42 Å². The van der Waals surface area contributed by atoms with Crippen molar-refractivity contribution in [2.75, 3.05) is 13.7 Å². The summed E-state index contributed by atoms with van der Waals surface area (Å²) in [7, 11) is 1.65. The van der Waals surface area contributed by atoms with Crippen LogP contribution in [0.4, 0.5) is 0 Å². The Labute approximate surface area is 112 Å². The Hall–Kier alpha value is -2.07. The van der Waals surface area contributed by atoms with Gasteiger partial charge in [-0.1, -0.05) is 6.07 Å². The number of nitrogens with one attached hydrogen (secondary N) is 1. The zero-order chi connectivity index (χ0) is 13.2. The smallest absolute Gasteiger partial charge is 0.142 e. The molecule has 98 valence electrons. The molecule has 0 amide bonds. The number of fused-ring (bicyclic) bond motifs is 1. The summed E-state index contributed by atoms with van der Waals surface area (Å²) in [5, 5.41) is 13.1. The first-order valence-corrected chi connectivity index (χ1v) is 6.33. The predicted molar refractivity (Wildman–Crippen MR) is 72.4 cm³/mol. The van der Waals surface area contributed by atoms with E-state index in [1.807, 2.05) is 18.2 Å². The average molecular weight is 256 g/mol. The lowest BCUT2D eigenvalue weighted by atomic mass is 9.91. The van der Waals surface area contributed by atoms with Gasteiger partial charge in [-0.15, -0.1) is 0 Å². The van der Waals surface area contributed by atoms with Gasteiger partial charge in [0.2, 0.25) is 0 Å². The molecule has 1 aromatic carbocycles. The summed E-state index contributed by atoms with van der Waals surface area (Å²) in [6, 6.07) is 9.24. The molecule has 0 radical (unpaired) electrons. The third-order valence-corrected chi connectivity index (χ3v) is 3.48. The van der Waals surface area contributed by atoms with Crippen LogP contribution in [0.3, 0.4) is 0 Å². The fraction of sp³-hybridized carbons (Fsp3) is 0.267. The normalized spacial score (nSPS) is 17.8. The number of methoxy groups -OCH3 is 1. The van der Waals surface area contributed by atoms with E-state index in [-0.39, 0.29) is 11.8 Å². The maximum absolute atomic E-state index is 9.70. The highest BCUT2D eigenvalue weighted by Crippen LogP contribution is 2.33. The number of rotatable bonds is 2. The molecule has 0 fully saturated rings. The maximum Gasteiger partial charge on any atom is 0.142 e. The van der Waals surface area contributed by atoms with Gasteiger partial charge in [-0.25, -0.2) is 0 Å². The number of phenolic OH excluding ortho intramolecular Hbond substituents is 1. The van der Waals surface area contributed by atoms with E-state index < -0.39 is 0 Å². The summed E-state index contributed by atoms with van der Waals surface area (Å²) < 4.78 is 5.38. The Bertz CT molecular complexity index is 598. The molecule has 4 nitrogen and oxygen atoms in total. The molecule has 0 bridgehead atoms. The van der Waals surface area contributed by atoms with Gasteiger partial charge >= 0.3 is 0 Å². The van der Waals surface area contributed by atoms with Crippen molar-refractivity contribution in [3.8, 4) is 11.5 Å². The number of aromatic hydroxyl groups is 1. The first kappa shape index (κ1) is 12.0. The molecule has 0 aliphatic carbocycles. The van der Waals surface area contributed by atoms with E-state index in [0.29, 0.717) is 0 Å². The van der Waals surface area contributed by atoms with Crippen LogP contribution in [0.5, 0.6) is 11.5 Å². The van der Waals surface area contributed by atoms with Crippen molar-refractivity contribution >= 4 is 0 Å². The third-order valence-electron chi connectivity index (χ3n) is 3.48. The lowest BCUT2D eigenvalue weighted by molar-refractivity contribution is 0.397. The molecule has 1 aromatic heterocycles. The molecule has 4 heteroatoms. The molecule has 0 saturated carbocycles. The summed E-state index contributed by atoms with van der Waals surface area (Å²) in [6.45, 7) is 0.891. The number of aromatic nitrogens is 1. The first-order chi connectivity index (χ1) is 9.29. The van der Waals surface area contributed by atoms with E-state index in [4.69, 9.17) is 4.74 Å². The fourth-order valence-electron chi connectivity index (χ4n) is 2.58. The van der Waals surface area contributed by atoms with Crippen LogP contribution >= 0.6 is 0 Å². The molecule has 3 rings (SSSR count). The molecule has 2 N–H and O–H groups in total. The van der Waals surface area contributed by atoms with Crippen molar-refractivity contribution in [1.29, 1.82) is 0 Å². The highest BCUT2D eigenvalue weighted by molar-refractivity contribution is 5.45. The van der Waals surface area contributed by atoms with Crippen molar-refractivity contribution in [2.24, 2.45) is 0 Å². The molecular formula is C15H16N2O2. The monoisotopic (exact) mass is 256 g/mol. The first-order valence-electron chi connectivity index (χ1n) is 6.33.